The second-order valence-corrected chi connectivity index (χ2v) is 10.1. The van der Waals surface area contributed by atoms with Gasteiger partial charge in [0, 0.05) is 34.9 Å². The highest BCUT2D eigenvalue weighted by Crippen LogP contribution is 2.29. The summed E-state index contributed by atoms with van der Waals surface area (Å²) in [6, 6.07) is 18.1. The van der Waals surface area contributed by atoms with Crippen molar-refractivity contribution in [1.82, 2.24) is 19.2 Å². The number of nitrogens with zero attached hydrogens (tertiary/aromatic N) is 4. The zero-order valence-corrected chi connectivity index (χ0v) is 22.6. The van der Waals surface area contributed by atoms with E-state index in [4.69, 9.17) is 9.47 Å². The summed E-state index contributed by atoms with van der Waals surface area (Å²) in [7, 11) is 3.33. The van der Waals surface area contributed by atoms with Gasteiger partial charge in [0.05, 0.1) is 25.5 Å². The zero-order chi connectivity index (χ0) is 26.1. The van der Waals surface area contributed by atoms with Crippen LogP contribution in [0, 0.1) is 20.8 Å². The maximum absolute atomic E-state index is 13.3. The van der Waals surface area contributed by atoms with Crippen LogP contribution in [0.4, 0.5) is 0 Å². The van der Waals surface area contributed by atoms with Crippen LogP contribution in [0.15, 0.2) is 59.8 Å². The number of hydrogen-bond donors (Lipinski definition) is 0. The minimum Gasteiger partial charge on any atom is -0.497 e. The van der Waals surface area contributed by atoms with E-state index in [2.05, 4.69) is 40.7 Å². The summed E-state index contributed by atoms with van der Waals surface area (Å²) >= 11 is 1.41. The standard InChI is InChI=1S/C29H30N4O3S/c1-18-14-28-30-31-29(33(28)26-16-23(36-5)10-11-24(18)26)37-17-27(34)25-15-19(2)32(20(25)3)13-12-21-6-8-22(35-4)9-7-21/h6-11,14-16H,12-13,17H2,1-5H3. The average Bonchev–Trinajstić information content (AvgIpc) is 3.45. The smallest absolute Gasteiger partial charge is 0.196 e. The molecule has 8 heteroatoms. The number of thioether (sulfide) groups is 1. The largest absolute Gasteiger partial charge is 0.497 e. The SMILES string of the molecule is COc1ccc(CCn2c(C)cc(C(=O)CSc3nnc4cc(C)c5ccc(OC)cc5n34)c2C)cc1. The number of hydrogen-bond acceptors (Lipinski definition) is 6. The summed E-state index contributed by atoms with van der Waals surface area (Å²) in [5, 5.41) is 10.5. The fourth-order valence-electron chi connectivity index (χ4n) is 4.79. The van der Waals surface area contributed by atoms with Crippen LogP contribution in [-0.4, -0.2) is 44.9 Å². The highest BCUT2D eigenvalue weighted by molar-refractivity contribution is 7.99. The first-order valence-corrected chi connectivity index (χ1v) is 13.2. The number of aromatic nitrogens is 4. The summed E-state index contributed by atoms with van der Waals surface area (Å²) in [5.41, 5.74) is 6.91. The molecule has 37 heavy (non-hydrogen) atoms. The van der Waals surface area contributed by atoms with E-state index in [1.54, 1.807) is 14.2 Å². The first-order chi connectivity index (χ1) is 17.9. The molecule has 0 radical (unpaired) electrons. The van der Waals surface area contributed by atoms with Gasteiger partial charge in [-0.2, -0.15) is 0 Å². The molecule has 7 nitrogen and oxygen atoms in total. The predicted octanol–water partition coefficient (Wildman–Crippen LogP) is 5.84. The lowest BCUT2D eigenvalue weighted by Crippen LogP contribution is -2.08. The van der Waals surface area contributed by atoms with E-state index in [0.29, 0.717) is 5.16 Å². The van der Waals surface area contributed by atoms with Crippen LogP contribution < -0.4 is 9.47 Å². The van der Waals surface area contributed by atoms with Crippen molar-refractivity contribution in [1.29, 1.82) is 0 Å². The zero-order valence-electron chi connectivity index (χ0n) is 21.7. The third kappa shape index (κ3) is 4.81. The lowest BCUT2D eigenvalue weighted by atomic mass is 10.1. The number of fused-ring (bicyclic) bond motifs is 3. The molecule has 5 aromatic rings. The molecule has 0 unspecified atom stereocenters. The monoisotopic (exact) mass is 514 g/mol. The van der Waals surface area contributed by atoms with Gasteiger partial charge in [0.25, 0.3) is 0 Å². The number of ketones is 1. The van der Waals surface area contributed by atoms with E-state index in [0.717, 1.165) is 63.5 Å². The lowest BCUT2D eigenvalue weighted by Gasteiger charge is -2.11. The highest BCUT2D eigenvalue weighted by Gasteiger charge is 2.18. The number of ether oxygens (including phenoxy) is 2. The molecule has 190 valence electrons. The molecule has 0 aliphatic carbocycles. The van der Waals surface area contributed by atoms with E-state index in [1.807, 2.05) is 53.8 Å². The van der Waals surface area contributed by atoms with E-state index < -0.39 is 0 Å². The van der Waals surface area contributed by atoms with Crippen molar-refractivity contribution < 1.29 is 14.3 Å². The molecule has 0 saturated heterocycles. The molecule has 0 bridgehead atoms. The highest BCUT2D eigenvalue weighted by atomic mass is 32.2. The Morgan fingerprint density at radius 1 is 0.919 bits per heavy atom. The third-order valence-corrected chi connectivity index (χ3v) is 7.79. The fraction of sp³-hybridized carbons (Fsp3) is 0.276. The average molecular weight is 515 g/mol. The Balaban J connectivity index is 1.35. The molecule has 2 aromatic carbocycles. The Morgan fingerprint density at radius 3 is 2.38 bits per heavy atom. The molecule has 5 rings (SSSR count). The minimum atomic E-state index is 0.0829. The van der Waals surface area contributed by atoms with Crippen LogP contribution in [0.1, 0.15) is 32.9 Å². The van der Waals surface area contributed by atoms with Gasteiger partial charge >= 0.3 is 0 Å². The molecule has 0 N–H and O–H groups in total. The predicted molar refractivity (Wildman–Crippen MR) is 147 cm³/mol. The molecule has 0 spiro atoms. The molecular formula is C29H30N4O3S. The van der Waals surface area contributed by atoms with Gasteiger partial charge in [0.2, 0.25) is 0 Å². The van der Waals surface area contributed by atoms with Crippen LogP contribution in [-0.2, 0) is 13.0 Å². The van der Waals surface area contributed by atoms with Gasteiger partial charge < -0.3 is 14.0 Å². The van der Waals surface area contributed by atoms with Crippen LogP contribution in [0.5, 0.6) is 11.5 Å². The normalized spacial score (nSPS) is 11.4. The molecule has 3 aromatic heterocycles. The third-order valence-electron chi connectivity index (χ3n) is 6.86. The Kier molecular flexibility index (Phi) is 6.93. The number of Topliss-reactive ketones (excluding diaryl/α,β-unsaturated/α-hetero) is 1. The van der Waals surface area contributed by atoms with Crippen LogP contribution in [0.3, 0.4) is 0 Å². The second-order valence-electron chi connectivity index (χ2n) is 9.13. The van der Waals surface area contributed by atoms with Crippen molar-refractivity contribution in [3.8, 4) is 11.5 Å². The van der Waals surface area contributed by atoms with Crippen molar-refractivity contribution in [3.63, 3.8) is 0 Å². The molecule has 0 amide bonds. The molecule has 3 heterocycles. The van der Waals surface area contributed by atoms with Crippen LogP contribution >= 0.6 is 11.8 Å². The molecule has 0 aliphatic heterocycles. The van der Waals surface area contributed by atoms with E-state index in [9.17, 15) is 4.79 Å². The Bertz CT molecular complexity index is 1600. The summed E-state index contributed by atoms with van der Waals surface area (Å²) in [6.45, 7) is 6.95. The van der Waals surface area contributed by atoms with Gasteiger partial charge in [-0.1, -0.05) is 23.9 Å². The van der Waals surface area contributed by atoms with Gasteiger partial charge in [0.1, 0.15) is 11.5 Å². The van der Waals surface area contributed by atoms with Crippen LogP contribution in [0.25, 0.3) is 16.6 Å². The van der Waals surface area contributed by atoms with Crippen molar-refractivity contribution in [3.05, 3.63) is 82.7 Å². The van der Waals surface area contributed by atoms with Crippen LogP contribution in [0.2, 0.25) is 0 Å². The maximum Gasteiger partial charge on any atom is 0.196 e. The van der Waals surface area contributed by atoms with Gasteiger partial charge in [-0.05, 0) is 74.7 Å². The first kappa shape index (κ1) is 24.9. The molecule has 0 aliphatic rings. The molecule has 0 fully saturated rings. The Morgan fingerprint density at radius 2 is 1.65 bits per heavy atom. The Labute approximate surface area is 220 Å². The van der Waals surface area contributed by atoms with E-state index in [-0.39, 0.29) is 11.5 Å². The molecule has 0 saturated carbocycles. The maximum atomic E-state index is 13.3. The van der Waals surface area contributed by atoms with Gasteiger partial charge in [-0.15, -0.1) is 10.2 Å². The number of pyridine rings is 1. The number of aryl methyl sites for hydroxylation is 3. The number of rotatable bonds is 9. The molecular weight excluding hydrogens is 484 g/mol. The summed E-state index contributed by atoms with van der Waals surface area (Å²) < 4.78 is 14.9. The number of carbonyl (C=O) groups excluding carboxylic acids is 1. The number of benzene rings is 2. The van der Waals surface area contributed by atoms with Gasteiger partial charge in [-0.3, -0.25) is 9.20 Å². The van der Waals surface area contributed by atoms with E-state index >= 15 is 0 Å². The van der Waals surface area contributed by atoms with Crippen molar-refractivity contribution in [2.75, 3.05) is 20.0 Å². The summed E-state index contributed by atoms with van der Waals surface area (Å²) in [6.07, 6.45) is 0.879. The minimum absolute atomic E-state index is 0.0829. The van der Waals surface area contributed by atoms with Crippen molar-refractivity contribution >= 4 is 34.1 Å². The lowest BCUT2D eigenvalue weighted by molar-refractivity contribution is 0.102. The number of methoxy groups -OCH3 is 2. The topological polar surface area (TPSA) is 70.7 Å². The quantitative estimate of drug-likeness (QED) is 0.182. The van der Waals surface area contributed by atoms with Crippen molar-refractivity contribution in [2.45, 2.75) is 38.9 Å². The van der Waals surface area contributed by atoms with E-state index in [1.165, 1.54) is 17.3 Å². The second kappa shape index (κ2) is 10.3. The Hall–Kier alpha value is -3.78. The fourth-order valence-corrected chi connectivity index (χ4v) is 5.63. The molecule has 0 atom stereocenters. The van der Waals surface area contributed by atoms with Crippen molar-refractivity contribution in [2.24, 2.45) is 0 Å². The summed E-state index contributed by atoms with van der Waals surface area (Å²) in [5.74, 6) is 1.98. The summed E-state index contributed by atoms with van der Waals surface area (Å²) in [4.78, 5) is 13.3. The first-order valence-electron chi connectivity index (χ1n) is 12.2. The van der Waals surface area contributed by atoms with Gasteiger partial charge in [-0.25, -0.2) is 0 Å². The number of carbonyl (C=O) groups is 1. The van der Waals surface area contributed by atoms with Gasteiger partial charge in [0.15, 0.2) is 16.6 Å².